The highest BCUT2D eigenvalue weighted by Crippen LogP contribution is 2.34. The molecule has 1 aliphatic rings. The Kier molecular flexibility index (Phi) is 6.82. The monoisotopic (exact) mass is 302 g/mol. The van der Waals surface area contributed by atoms with Gasteiger partial charge in [0, 0.05) is 0 Å². The number of hydrogen-bond acceptors (Lipinski definition) is 4. The molecule has 1 fully saturated rings. The summed E-state index contributed by atoms with van der Waals surface area (Å²) in [6, 6.07) is -0.623. The van der Waals surface area contributed by atoms with Gasteiger partial charge in [0.25, 0.3) is 0 Å². The summed E-state index contributed by atoms with van der Waals surface area (Å²) in [4.78, 5) is 23.7. The first kappa shape index (κ1) is 17.3. The van der Waals surface area contributed by atoms with Gasteiger partial charge in [-0.25, -0.2) is 4.79 Å². The molecule has 0 unspecified atom stereocenters. The quantitative estimate of drug-likeness (QED) is 0.664. The van der Waals surface area contributed by atoms with Crippen LogP contribution in [0.1, 0.15) is 45.4 Å². The molecule has 1 aliphatic carbocycles. The molecule has 4 N–H and O–H groups in total. The van der Waals surface area contributed by atoms with Gasteiger partial charge in [0.2, 0.25) is 5.91 Å². The normalized spacial score (nSPS) is 27.9. The Morgan fingerprint density at radius 1 is 1.45 bits per heavy atom. The number of carboxylic acids is 1. The summed E-state index contributed by atoms with van der Waals surface area (Å²) in [5, 5.41) is 12.2. The smallest absolute Gasteiger partial charge is 0.329 e. The van der Waals surface area contributed by atoms with Gasteiger partial charge in [0.1, 0.15) is 5.54 Å². The Morgan fingerprint density at radius 2 is 2.05 bits per heavy atom. The van der Waals surface area contributed by atoms with E-state index in [1.165, 1.54) is 0 Å². The SMILES string of the molecule is CCC1CCC(NC(=O)[C@H](N)CCSC)(C(=O)O)CC1. The van der Waals surface area contributed by atoms with Crippen LogP contribution in [0, 0.1) is 5.92 Å². The highest BCUT2D eigenvalue weighted by Gasteiger charge is 2.43. The molecule has 0 aliphatic heterocycles. The Bertz CT molecular complexity index is 341. The van der Waals surface area contributed by atoms with Crippen molar-refractivity contribution in [1.29, 1.82) is 0 Å². The van der Waals surface area contributed by atoms with Gasteiger partial charge in [-0.1, -0.05) is 13.3 Å². The number of amides is 1. The van der Waals surface area contributed by atoms with E-state index in [1.54, 1.807) is 11.8 Å². The van der Waals surface area contributed by atoms with E-state index in [4.69, 9.17) is 5.73 Å². The van der Waals surface area contributed by atoms with Crippen LogP contribution in [0.5, 0.6) is 0 Å². The number of aliphatic carboxylic acids is 1. The van der Waals surface area contributed by atoms with Gasteiger partial charge in [0.05, 0.1) is 6.04 Å². The second-order valence-corrected chi connectivity index (χ2v) is 6.60. The third kappa shape index (κ3) is 4.38. The lowest BCUT2D eigenvalue weighted by molar-refractivity contribution is -0.150. The second kappa shape index (κ2) is 7.88. The summed E-state index contributed by atoms with van der Waals surface area (Å²) in [6.45, 7) is 2.12. The molecule has 1 rings (SSSR count). The number of rotatable bonds is 7. The van der Waals surface area contributed by atoms with Crippen molar-refractivity contribution in [2.75, 3.05) is 12.0 Å². The summed E-state index contributed by atoms with van der Waals surface area (Å²) in [5.74, 6) is 0.102. The molecule has 116 valence electrons. The minimum absolute atomic E-state index is 0.337. The summed E-state index contributed by atoms with van der Waals surface area (Å²) in [7, 11) is 0. The average Bonchev–Trinajstić information content (AvgIpc) is 2.45. The molecule has 1 saturated carbocycles. The van der Waals surface area contributed by atoms with E-state index in [2.05, 4.69) is 12.2 Å². The number of hydrogen-bond donors (Lipinski definition) is 3. The van der Waals surface area contributed by atoms with Crippen molar-refractivity contribution < 1.29 is 14.7 Å². The van der Waals surface area contributed by atoms with Crippen LogP contribution in [0.25, 0.3) is 0 Å². The van der Waals surface area contributed by atoms with Gasteiger partial charge in [-0.15, -0.1) is 0 Å². The molecule has 0 aromatic carbocycles. The lowest BCUT2D eigenvalue weighted by Crippen LogP contribution is -2.59. The molecule has 5 nitrogen and oxygen atoms in total. The van der Waals surface area contributed by atoms with Crippen molar-refractivity contribution in [2.45, 2.75) is 57.0 Å². The van der Waals surface area contributed by atoms with E-state index in [1.807, 2.05) is 6.26 Å². The molecule has 0 heterocycles. The van der Waals surface area contributed by atoms with Crippen molar-refractivity contribution in [3.05, 3.63) is 0 Å². The van der Waals surface area contributed by atoms with E-state index in [0.717, 1.165) is 25.0 Å². The van der Waals surface area contributed by atoms with Crippen LogP contribution in [0.2, 0.25) is 0 Å². The molecule has 0 saturated heterocycles. The molecule has 0 spiro atoms. The maximum absolute atomic E-state index is 12.1. The standard InChI is InChI=1S/C14H26N2O3S/c1-3-10-4-7-14(8-5-10,13(18)19)16-12(17)11(15)6-9-20-2/h10-11H,3-9,15H2,1-2H3,(H,16,17)(H,18,19)/t10?,11-,14?/m1/s1. The van der Waals surface area contributed by atoms with Crippen LogP contribution in [0.3, 0.4) is 0 Å². The fourth-order valence-corrected chi connectivity index (χ4v) is 3.17. The minimum atomic E-state index is -1.11. The van der Waals surface area contributed by atoms with Crippen molar-refractivity contribution in [2.24, 2.45) is 11.7 Å². The first-order valence-electron chi connectivity index (χ1n) is 7.25. The molecular weight excluding hydrogens is 276 g/mol. The lowest BCUT2D eigenvalue weighted by Gasteiger charge is -2.37. The van der Waals surface area contributed by atoms with Crippen molar-refractivity contribution in [3.63, 3.8) is 0 Å². The third-order valence-electron chi connectivity index (χ3n) is 4.28. The van der Waals surface area contributed by atoms with Crippen molar-refractivity contribution in [1.82, 2.24) is 5.32 Å². The van der Waals surface area contributed by atoms with Gasteiger partial charge in [0.15, 0.2) is 0 Å². The Hall–Kier alpha value is -0.750. The minimum Gasteiger partial charge on any atom is -0.480 e. The van der Waals surface area contributed by atoms with Crippen molar-refractivity contribution in [3.8, 4) is 0 Å². The number of thioether (sulfide) groups is 1. The Balaban J connectivity index is 2.64. The van der Waals surface area contributed by atoms with Crippen LogP contribution < -0.4 is 11.1 Å². The summed E-state index contributed by atoms with van der Waals surface area (Å²) < 4.78 is 0. The predicted octanol–water partition coefficient (Wildman–Crippen LogP) is 1.61. The fraction of sp³-hybridized carbons (Fsp3) is 0.857. The largest absolute Gasteiger partial charge is 0.480 e. The molecule has 0 aromatic rings. The number of carbonyl (C=O) groups excluding carboxylic acids is 1. The molecular formula is C14H26N2O3S. The Morgan fingerprint density at radius 3 is 2.50 bits per heavy atom. The average molecular weight is 302 g/mol. The molecule has 0 aromatic heterocycles. The predicted molar refractivity (Wildman–Crippen MR) is 81.7 cm³/mol. The molecule has 1 atom stereocenters. The lowest BCUT2D eigenvalue weighted by atomic mass is 9.75. The summed E-state index contributed by atoms with van der Waals surface area (Å²) in [5.41, 5.74) is 4.70. The molecule has 0 bridgehead atoms. The number of nitrogens with one attached hydrogen (secondary N) is 1. The zero-order valence-electron chi connectivity index (χ0n) is 12.4. The highest BCUT2D eigenvalue weighted by molar-refractivity contribution is 7.98. The van der Waals surface area contributed by atoms with E-state index in [-0.39, 0.29) is 5.91 Å². The van der Waals surface area contributed by atoms with Gasteiger partial charge in [-0.2, -0.15) is 11.8 Å². The zero-order chi connectivity index (χ0) is 15.2. The first-order valence-corrected chi connectivity index (χ1v) is 8.64. The second-order valence-electron chi connectivity index (χ2n) is 5.62. The van der Waals surface area contributed by atoms with E-state index in [9.17, 15) is 14.7 Å². The van der Waals surface area contributed by atoms with Gasteiger partial charge in [-0.3, -0.25) is 4.79 Å². The topological polar surface area (TPSA) is 92.4 Å². The highest BCUT2D eigenvalue weighted by atomic mass is 32.2. The van der Waals surface area contributed by atoms with Gasteiger partial charge < -0.3 is 16.2 Å². The summed E-state index contributed by atoms with van der Waals surface area (Å²) >= 11 is 1.63. The zero-order valence-corrected chi connectivity index (χ0v) is 13.2. The van der Waals surface area contributed by atoms with E-state index in [0.29, 0.717) is 25.2 Å². The molecule has 6 heteroatoms. The van der Waals surface area contributed by atoms with Gasteiger partial charge in [-0.05, 0) is 50.0 Å². The van der Waals surface area contributed by atoms with Crippen LogP contribution in [-0.4, -0.2) is 40.6 Å². The van der Waals surface area contributed by atoms with Crippen LogP contribution in [0.15, 0.2) is 0 Å². The van der Waals surface area contributed by atoms with Crippen LogP contribution in [0.4, 0.5) is 0 Å². The van der Waals surface area contributed by atoms with Gasteiger partial charge >= 0.3 is 5.97 Å². The van der Waals surface area contributed by atoms with Crippen molar-refractivity contribution >= 4 is 23.6 Å². The fourth-order valence-electron chi connectivity index (χ4n) is 2.68. The maximum Gasteiger partial charge on any atom is 0.329 e. The van der Waals surface area contributed by atoms with E-state index < -0.39 is 17.6 Å². The summed E-state index contributed by atoms with van der Waals surface area (Å²) in [6.07, 6.45) is 6.29. The van der Waals surface area contributed by atoms with Crippen LogP contribution >= 0.6 is 11.8 Å². The Labute approximate surface area is 125 Å². The maximum atomic E-state index is 12.1. The molecule has 20 heavy (non-hydrogen) atoms. The first-order chi connectivity index (χ1) is 9.45. The molecule has 1 amide bonds. The molecule has 0 radical (unpaired) electrons. The number of carbonyl (C=O) groups is 2. The third-order valence-corrected chi connectivity index (χ3v) is 4.92. The number of carboxylic acid groups (broad SMARTS) is 1. The van der Waals surface area contributed by atoms with E-state index >= 15 is 0 Å². The van der Waals surface area contributed by atoms with Crippen LogP contribution in [-0.2, 0) is 9.59 Å². The number of nitrogens with two attached hydrogens (primary N) is 1.